The van der Waals surface area contributed by atoms with Crippen molar-refractivity contribution >= 4 is 24.2 Å². The van der Waals surface area contributed by atoms with Crippen LogP contribution in [0.5, 0.6) is 28.7 Å². The molecule has 0 radical (unpaired) electrons. The first-order chi connectivity index (χ1) is 20.0. The van der Waals surface area contributed by atoms with E-state index in [1.807, 2.05) is 31.2 Å². The Bertz CT molecular complexity index is 1350. The standard InChI is InChI=1S/C32H36ClNO7/c1-3-10-23-28(14-7-15-29(23)40-30-13-6-5-11-24(30)32(37)41-33)38-17-9-18-39-31-20-27(36)25(19-22(31)4-2)26-12-8-16-34(26)21-35/h5-7,11,13-15,19-21,26,36H,3-4,8-10,12,16-18H2,1-2H3. The monoisotopic (exact) mass is 581 g/mol. The molecule has 9 heteroatoms. The molecule has 3 aromatic carbocycles. The maximum atomic E-state index is 12.1. The van der Waals surface area contributed by atoms with Crippen LogP contribution >= 0.6 is 11.9 Å². The van der Waals surface area contributed by atoms with E-state index in [2.05, 4.69) is 11.2 Å². The Balaban J connectivity index is 1.39. The molecule has 0 aliphatic carbocycles. The van der Waals surface area contributed by atoms with Crippen molar-refractivity contribution in [3.05, 3.63) is 76.9 Å². The molecule has 218 valence electrons. The van der Waals surface area contributed by atoms with E-state index in [1.54, 1.807) is 35.2 Å². The fourth-order valence-corrected chi connectivity index (χ4v) is 5.22. The molecule has 1 saturated heterocycles. The Hall–Kier alpha value is -3.91. The molecular weight excluding hydrogens is 546 g/mol. The topological polar surface area (TPSA) is 94.5 Å². The Morgan fingerprint density at radius 3 is 2.49 bits per heavy atom. The Morgan fingerprint density at radius 2 is 1.76 bits per heavy atom. The van der Waals surface area contributed by atoms with E-state index >= 15 is 0 Å². The molecule has 1 heterocycles. The van der Waals surface area contributed by atoms with Gasteiger partial charge in [0.15, 0.2) is 0 Å². The minimum Gasteiger partial charge on any atom is -0.507 e. The maximum absolute atomic E-state index is 12.1. The number of phenolic OH excluding ortho intramolecular Hbond substituents is 1. The second-order valence-corrected chi connectivity index (χ2v) is 10.0. The number of nitrogens with zero attached hydrogens (tertiary/aromatic N) is 1. The van der Waals surface area contributed by atoms with Gasteiger partial charge in [0.1, 0.15) is 46.2 Å². The first-order valence-corrected chi connectivity index (χ1v) is 14.4. The molecule has 0 aromatic heterocycles. The molecule has 1 aliphatic rings. The summed E-state index contributed by atoms with van der Waals surface area (Å²) >= 11 is 5.30. The lowest BCUT2D eigenvalue weighted by Gasteiger charge is -2.23. The first-order valence-electron chi connectivity index (χ1n) is 14.0. The van der Waals surface area contributed by atoms with Gasteiger partial charge in [-0.2, -0.15) is 0 Å². The highest BCUT2D eigenvalue weighted by Gasteiger charge is 2.28. The fourth-order valence-electron chi connectivity index (χ4n) is 5.14. The quantitative estimate of drug-likeness (QED) is 0.159. The third-order valence-electron chi connectivity index (χ3n) is 7.17. The normalized spacial score (nSPS) is 14.5. The lowest BCUT2D eigenvalue weighted by molar-refractivity contribution is -0.118. The molecule has 3 aromatic rings. The average Bonchev–Trinajstić information content (AvgIpc) is 3.47. The lowest BCUT2D eigenvalue weighted by atomic mass is 9.99. The number of benzene rings is 3. The van der Waals surface area contributed by atoms with Crippen LogP contribution in [0.3, 0.4) is 0 Å². The third kappa shape index (κ3) is 7.24. The maximum Gasteiger partial charge on any atom is 0.360 e. The number of aromatic hydroxyl groups is 1. The first kappa shape index (κ1) is 30.1. The van der Waals surface area contributed by atoms with E-state index in [-0.39, 0.29) is 17.4 Å². The van der Waals surface area contributed by atoms with Gasteiger partial charge in [0, 0.05) is 30.2 Å². The van der Waals surface area contributed by atoms with Crippen LogP contribution in [0.4, 0.5) is 0 Å². The molecule has 0 spiro atoms. The molecule has 1 atom stereocenters. The van der Waals surface area contributed by atoms with Crippen LogP contribution in [0.2, 0.25) is 0 Å². The number of amides is 1. The SMILES string of the molecule is CCCc1c(OCCCOc2cc(O)c(C3CCCN3C=O)cc2CC)cccc1Oc1ccccc1C(=O)OCl. The smallest absolute Gasteiger partial charge is 0.360 e. The van der Waals surface area contributed by atoms with E-state index in [9.17, 15) is 14.7 Å². The number of para-hydroxylation sites is 1. The van der Waals surface area contributed by atoms with Crippen molar-refractivity contribution in [2.45, 2.75) is 58.4 Å². The predicted octanol–water partition coefficient (Wildman–Crippen LogP) is 7.15. The van der Waals surface area contributed by atoms with Crippen LogP contribution in [0.15, 0.2) is 54.6 Å². The summed E-state index contributed by atoms with van der Waals surface area (Å²) in [6.07, 6.45) is 5.57. The molecule has 1 N–H and O–H groups in total. The predicted molar refractivity (Wildman–Crippen MR) is 156 cm³/mol. The van der Waals surface area contributed by atoms with Crippen LogP contribution in [0.1, 0.15) is 72.6 Å². The van der Waals surface area contributed by atoms with Crippen molar-refractivity contribution in [3.8, 4) is 28.7 Å². The fraction of sp³-hybridized carbons (Fsp3) is 0.375. The second-order valence-electron chi connectivity index (χ2n) is 9.87. The Morgan fingerprint density at radius 1 is 1.02 bits per heavy atom. The van der Waals surface area contributed by atoms with Gasteiger partial charge in [-0.25, -0.2) is 4.79 Å². The number of carbonyl (C=O) groups is 2. The number of likely N-dealkylation sites (tertiary alicyclic amines) is 1. The van der Waals surface area contributed by atoms with Crippen LogP contribution in [-0.4, -0.2) is 42.1 Å². The molecular formula is C32H36ClNO7. The summed E-state index contributed by atoms with van der Waals surface area (Å²) in [5.74, 6) is 1.73. The van der Waals surface area contributed by atoms with Gasteiger partial charge in [-0.1, -0.05) is 38.5 Å². The van der Waals surface area contributed by atoms with E-state index in [0.29, 0.717) is 49.2 Å². The van der Waals surface area contributed by atoms with Crippen molar-refractivity contribution in [2.75, 3.05) is 19.8 Å². The van der Waals surface area contributed by atoms with Crippen LogP contribution in [0, 0.1) is 0 Å². The van der Waals surface area contributed by atoms with E-state index in [4.69, 9.17) is 26.1 Å². The molecule has 1 fully saturated rings. The largest absolute Gasteiger partial charge is 0.507 e. The van der Waals surface area contributed by atoms with Crippen molar-refractivity contribution in [1.29, 1.82) is 0 Å². The summed E-state index contributed by atoms with van der Waals surface area (Å²) in [5, 5.41) is 10.7. The van der Waals surface area contributed by atoms with E-state index in [0.717, 1.165) is 55.2 Å². The van der Waals surface area contributed by atoms with Crippen molar-refractivity contribution < 1.29 is 33.2 Å². The number of halogens is 1. The van der Waals surface area contributed by atoms with Gasteiger partial charge in [-0.3, -0.25) is 4.79 Å². The van der Waals surface area contributed by atoms with Crippen LogP contribution < -0.4 is 14.2 Å². The minimum absolute atomic E-state index is 0.0973. The summed E-state index contributed by atoms with van der Waals surface area (Å²) in [6, 6.07) is 15.9. The second kappa shape index (κ2) is 14.6. The number of ether oxygens (including phenoxy) is 3. The minimum atomic E-state index is -0.692. The van der Waals surface area contributed by atoms with Crippen LogP contribution in [0.25, 0.3) is 0 Å². The molecule has 0 bridgehead atoms. The summed E-state index contributed by atoms with van der Waals surface area (Å²) in [6.45, 7) is 5.64. The van der Waals surface area contributed by atoms with Crippen molar-refractivity contribution in [3.63, 3.8) is 0 Å². The molecule has 1 aliphatic heterocycles. The van der Waals surface area contributed by atoms with Crippen molar-refractivity contribution in [2.24, 2.45) is 0 Å². The highest BCUT2D eigenvalue weighted by Crippen LogP contribution is 2.39. The van der Waals surface area contributed by atoms with E-state index in [1.165, 1.54) is 0 Å². The number of hydrogen-bond donors (Lipinski definition) is 1. The van der Waals surface area contributed by atoms with Gasteiger partial charge in [0.2, 0.25) is 6.41 Å². The lowest BCUT2D eigenvalue weighted by Crippen LogP contribution is -2.21. The molecule has 8 nitrogen and oxygen atoms in total. The summed E-state index contributed by atoms with van der Waals surface area (Å²) in [4.78, 5) is 25.2. The number of rotatable bonds is 14. The molecule has 41 heavy (non-hydrogen) atoms. The highest BCUT2D eigenvalue weighted by molar-refractivity contribution is 6.16. The van der Waals surface area contributed by atoms with Gasteiger partial charge in [-0.15, -0.1) is 0 Å². The van der Waals surface area contributed by atoms with Gasteiger partial charge in [-0.05, 0) is 61.6 Å². The van der Waals surface area contributed by atoms with Crippen molar-refractivity contribution in [1.82, 2.24) is 4.90 Å². The molecule has 0 saturated carbocycles. The molecule has 1 unspecified atom stereocenters. The zero-order chi connectivity index (χ0) is 29.2. The van der Waals surface area contributed by atoms with Gasteiger partial charge < -0.3 is 28.5 Å². The number of aryl methyl sites for hydroxylation is 1. The van der Waals surface area contributed by atoms with Crippen LogP contribution in [-0.2, 0) is 21.9 Å². The number of carbonyl (C=O) groups excluding carboxylic acids is 2. The summed E-state index contributed by atoms with van der Waals surface area (Å²) in [7, 11) is 0. The number of hydrogen-bond acceptors (Lipinski definition) is 7. The van der Waals surface area contributed by atoms with Gasteiger partial charge >= 0.3 is 5.97 Å². The number of phenols is 1. The average molecular weight is 582 g/mol. The Kier molecular flexibility index (Phi) is 10.7. The third-order valence-corrected chi connectivity index (χ3v) is 7.31. The highest BCUT2D eigenvalue weighted by atomic mass is 35.5. The zero-order valence-corrected chi connectivity index (χ0v) is 24.2. The van der Waals surface area contributed by atoms with Gasteiger partial charge in [0.05, 0.1) is 19.3 Å². The zero-order valence-electron chi connectivity index (χ0n) is 23.4. The summed E-state index contributed by atoms with van der Waals surface area (Å²) < 4.78 is 22.7. The molecule has 4 rings (SSSR count). The van der Waals surface area contributed by atoms with E-state index < -0.39 is 5.97 Å². The van der Waals surface area contributed by atoms with Gasteiger partial charge in [0.25, 0.3) is 0 Å². The molecule has 1 amide bonds. The summed E-state index contributed by atoms with van der Waals surface area (Å²) in [5.41, 5.74) is 2.89. The Labute approximate surface area is 245 Å².